The van der Waals surface area contributed by atoms with Crippen LogP contribution >= 0.6 is 0 Å². The molecule has 6 atom stereocenters. The number of ether oxygens (including phenoxy) is 2. The molecule has 3 aliphatic carbocycles. The van der Waals surface area contributed by atoms with E-state index in [9.17, 15) is 20.4 Å². The van der Waals surface area contributed by atoms with Gasteiger partial charge in [0.2, 0.25) is 6.79 Å². The Morgan fingerprint density at radius 2 is 1.79 bits per heavy atom. The van der Waals surface area contributed by atoms with Gasteiger partial charge in [0.1, 0.15) is 17.1 Å². The van der Waals surface area contributed by atoms with E-state index < -0.39 is 29.5 Å². The predicted octanol–water partition coefficient (Wildman–Crippen LogP) is 3.80. The lowest BCUT2D eigenvalue weighted by atomic mass is 9.51. The Bertz CT molecular complexity index is 1590. The normalized spacial score (nSPS) is 29.3. The van der Waals surface area contributed by atoms with Crippen molar-refractivity contribution in [3.8, 4) is 28.4 Å². The summed E-state index contributed by atoms with van der Waals surface area (Å²) in [5.41, 5.74) is 9.12. The number of fused-ring (bicyclic) bond motifs is 4. The van der Waals surface area contributed by atoms with E-state index in [0.717, 1.165) is 16.8 Å². The van der Waals surface area contributed by atoms with Crippen molar-refractivity contribution in [1.82, 2.24) is 4.90 Å². The molecule has 228 valence electrons. The van der Waals surface area contributed by atoms with Crippen LogP contribution < -0.4 is 20.1 Å². The zero-order valence-electron chi connectivity index (χ0n) is 25.2. The van der Waals surface area contributed by atoms with Gasteiger partial charge in [-0.3, -0.25) is 0 Å². The standard InChI is InChI=1S/C34H41N3O6/c1-16-28-20(11-24-23(14-36(4)5)32(39)30(18(3)35)17(2)34(24,41)33(28)40)10-22-25(37(6)7)13-21(31(38)29(16)22)19-8-9-26-27(12-19)43-15-42-26/h8-9,12-13,20,23-24,28,33,38-41H,1-3,10-11,14-15,35H2,4-7H3/t20-,23?,24-,28?,33?,34-/m0/s1. The highest BCUT2D eigenvalue weighted by molar-refractivity contribution is 5.89. The molecule has 1 aliphatic heterocycles. The quantitative estimate of drug-likeness (QED) is 0.354. The highest BCUT2D eigenvalue weighted by Crippen LogP contribution is 2.60. The van der Waals surface area contributed by atoms with Gasteiger partial charge in [-0.25, -0.2) is 0 Å². The van der Waals surface area contributed by atoms with E-state index in [0.29, 0.717) is 47.6 Å². The molecule has 0 aromatic heterocycles. The van der Waals surface area contributed by atoms with Gasteiger partial charge in [-0.05, 0) is 73.3 Å². The molecule has 9 heteroatoms. The second-order valence-electron chi connectivity index (χ2n) is 12.9. The van der Waals surface area contributed by atoms with Crippen LogP contribution in [-0.4, -0.2) is 78.6 Å². The Morgan fingerprint density at radius 3 is 2.44 bits per heavy atom. The van der Waals surface area contributed by atoms with Crippen molar-refractivity contribution in [3.05, 3.63) is 77.7 Å². The Hall–Kier alpha value is -3.92. The number of hydrogen-bond donors (Lipinski definition) is 5. The minimum atomic E-state index is -1.79. The van der Waals surface area contributed by atoms with E-state index in [1.165, 1.54) is 0 Å². The maximum absolute atomic E-state index is 12.4. The Labute approximate surface area is 252 Å². The van der Waals surface area contributed by atoms with Gasteiger partial charge in [-0.1, -0.05) is 25.8 Å². The van der Waals surface area contributed by atoms with Gasteiger partial charge in [0, 0.05) is 66.5 Å². The SMILES string of the molecule is C=C(N)C1=C(O)C(CN(C)C)[C@@H]2C[C@@H]3Cc4c(N(C)C)cc(-c5ccc6c(c5)OCO6)c(O)c4C(=C)C3C(O)[C@]2(O)C1=C. The van der Waals surface area contributed by atoms with Gasteiger partial charge in [0.25, 0.3) is 0 Å². The van der Waals surface area contributed by atoms with Gasteiger partial charge < -0.3 is 45.4 Å². The summed E-state index contributed by atoms with van der Waals surface area (Å²) in [7, 11) is 7.72. The molecule has 1 fully saturated rings. The number of benzene rings is 2. The number of anilines is 1. The molecular formula is C34H41N3O6. The van der Waals surface area contributed by atoms with Gasteiger partial charge in [-0.15, -0.1) is 0 Å². The summed E-state index contributed by atoms with van der Waals surface area (Å²) < 4.78 is 11.1. The number of phenols is 1. The number of nitrogens with zero attached hydrogens (tertiary/aromatic N) is 2. The molecule has 9 nitrogen and oxygen atoms in total. The fraction of sp³-hybridized carbons (Fsp3) is 0.412. The van der Waals surface area contributed by atoms with Crippen molar-refractivity contribution in [3.63, 3.8) is 0 Å². The molecule has 6 N–H and O–H groups in total. The van der Waals surface area contributed by atoms with E-state index in [4.69, 9.17) is 15.2 Å². The van der Waals surface area contributed by atoms with Crippen LogP contribution in [-0.2, 0) is 6.42 Å². The Morgan fingerprint density at radius 1 is 1.09 bits per heavy atom. The summed E-state index contributed by atoms with van der Waals surface area (Å²) >= 11 is 0. The molecule has 0 radical (unpaired) electrons. The predicted molar refractivity (Wildman–Crippen MR) is 167 cm³/mol. The zero-order valence-corrected chi connectivity index (χ0v) is 25.2. The first-order chi connectivity index (χ1) is 20.3. The number of allylic oxidation sites excluding steroid dienone is 1. The summed E-state index contributed by atoms with van der Waals surface area (Å²) in [6.07, 6.45) is -0.263. The first-order valence-electron chi connectivity index (χ1n) is 14.5. The van der Waals surface area contributed by atoms with Crippen molar-refractivity contribution in [2.24, 2.45) is 29.4 Å². The highest BCUT2D eigenvalue weighted by Gasteiger charge is 2.62. The van der Waals surface area contributed by atoms with Gasteiger partial charge >= 0.3 is 0 Å². The summed E-state index contributed by atoms with van der Waals surface area (Å²) in [5.74, 6) is -0.357. The zero-order chi connectivity index (χ0) is 31.1. The maximum atomic E-state index is 12.4. The lowest BCUT2D eigenvalue weighted by molar-refractivity contribution is -0.159. The number of hydrogen-bond acceptors (Lipinski definition) is 9. The molecule has 4 aliphatic rings. The molecule has 6 rings (SSSR count). The topological polar surface area (TPSA) is 132 Å². The van der Waals surface area contributed by atoms with Crippen LogP contribution in [0.4, 0.5) is 5.69 Å². The van der Waals surface area contributed by atoms with Crippen LogP contribution in [0.5, 0.6) is 17.2 Å². The third kappa shape index (κ3) is 4.17. The van der Waals surface area contributed by atoms with E-state index >= 15 is 0 Å². The molecular weight excluding hydrogens is 546 g/mol. The highest BCUT2D eigenvalue weighted by atomic mass is 16.7. The molecule has 1 heterocycles. The second-order valence-corrected chi connectivity index (χ2v) is 12.9. The molecule has 2 aromatic rings. The van der Waals surface area contributed by atoms with E-state index in [1.54, 1.807) is 0 Å². The van der Waals surface area contributed by atoms with Crippen molar-refractivity contribution >= 4 is 11.3 Å². The van der Waals surface area contributed by atoms with E-state index in [2.05, 4.69) is 19.7 Å². The minimum absolute atomic E-state index is 0.0431. The van der Waals surface area contributed by atoms with Crippen molar-refractivity contribution in [2.75, 3.05) is 46.4 Å². The lowest BCUT2D eigenvalue weighted by Crippen LogP contribution is -2.64. The number of rotatable bonds is 5. The molecule has 0 amide bonds. The number of aliphatic hydroxyl groups is 3. The summed E-state index contributed by atoms with van der Waals surface area (Å²) in [5, 5.41) is 47.8. The number of phenolic OH excluding ortho intramolecular Hbond substituents is 1. The molecule has 0 saturated heterocycles. The average Bonchev–Trinajstić information content (AvgIpc) is 3.40. The monoisotopic (exact) mass is 587 g/mol. The van der Waals surface area contributed by atoms with Crippen molar-refractivity contribution in [2.45, 2.75) is 24.5 Å². The first-order valence-corrected chi connectivity index (χ1v) is 14.5. The fourth-order valence-corrected chi connectivity index (χ4v) is 8.02. The first kappa shape index (κ1) is 29.2. The van der Waals surface area contributed by atoms with Gasteiger partial charge in [0.15, 0.2) is 11.5 Å². The van der Waals surface area contributed by atoms with Crippen LogP contribution in [0.3, 0.4) is 0 Å². The third-order valence-electron chi connectivity index (χ3n) is 9.92. The minimum Gasteiger partial charge on any atom is -0.511 e. The molecule has 3 unspecified atom stereocenters. The Kier molecular flexibility index (Phi) is 6.84. The van der Waals surface area contributed by atoms with Crippen LogP contribution in [0.25, 0.3) is 16.7 Å². The maximum Gasteiger partial charge on any atom is 0.231 e. The van der Waals surface area contributed by atoms with Crippen LogP contribution in [0, 0.1) is 23.7 Å². The lowest BCUT2D eigenvalue weighted by Gasteiger charge is -2.58. The number of aliphatic hydroxyl groups excluding tert-OH is 2. The second kappa shape index (κ2) is 10.1. The van der Waals surface area contributed by atoms with Crippen molar-refractivity contribution < 1.29 is 29.9 Å². The summed E-state index contributed by atoms with van der Waals surface area (Å²) in [4.78, 5) is 3.96. The van der Waals surface area contributed by atoms with E-state index in [1.807, 2.05) is 62.3 Å². The van der Waals surface area contributed by atoms with Crippen LogP contribution in [0.1, 0.15) is 17.5 Å². The number of aromatic hydroxyl groups is 1. The summed E-state index contributed by atoms with van der Waals surface area (Å²) in [6, 6.07) is 7.52. The van der Waals surface area contributed by atoms with Crippen molar-refractivity contribution in [1.29, 1.82) is 0 Å². The molecule has 1 saturated carbocycles. The molecule has 43 heavy (non-hydrogen) atoms. The average molecular weight is 588 g/mol. The molecule has 0 bridgehead atoms. The van der Waals surface area contributed by atoms with Crippen LogP contribution in [0.2, 0.25) is 0 Å². The summed E-state index contributed by atoms with van der Waals surface area (Å²) in [6.45, 7) is 13.0. The smallest absolute Gasteiger partial charge is 0.231 e. The largest absolute Gasteiger partial charge is 0.511 e. The third-order valence-corrected chi connectivity index (χ3v) is 9.92. The van der Waals surface area contributed by atoms with Gasteiger partial charge in [0.05, 0.1) is 6.10 Å². The van der Waals surface area contributed by atoms with E-state index in [-0.39, 0.29) is 41.1 Å². The van der Waals surface area contributed by atoms with Gasteiger partial charge in [-0.2, -0.15) is 0 Å². The molecule has 0 spiro atoms. The Balaban J connectivity index is 1.49. The molecule has 2 aromatic carbocycles. The fourth-order valence-electron chi connectivity index (χ4n) is 8.02. The number of nitrogens with two attached hydrogens (primary N) is 1. The van der Waals surface area contributed by atoms with Crippen LogP contribution in [0.15, 0.2) is 66.6 Å².